The predicted octanol–water partition coefficient (Wildman–Crippen LogP) is 3.09. The number of hydrogen-bond donors (Lipinski definition) is 2. The van der Waals surface area contributed by atoms with Crippen molar-refractivity contribution in [3.05, 3.63) is 23.9 Å². The minimum Gasteiger partial charge on any atom is -0.309 e. The van der Waals surface area contributed by atoms with Gasteiger partial charge in [-0.2, -0.15) is 0 Å². The molecule has 0 radical (unpaired) electrons. The van der Waals surface area contributed by atoms with Crippen LogP contribution in [0.25, 0.3) is 0 Å². The van der Waals surface area contributed by atoms with Crippen LogP contribution in [0.2, 0.25) is 0 Å². The summed E-state index contributed by atoms with van der Waals surface area (Å²) in [7, 11) is 0. The standard InChI is InChI=1S/C15H21N3O.2ClH/c1-10-6-7-14(16-9-10)18-15(19)13-8-11-4-2-3-5-12(11)17-13;;/h6-7,9,11-13,17H,2-5,8H2,1H3,(H,16,18,19);2*1H. The van der Waals surface area contributed by atoms with E-state index in [2.05, 4.69) is 15.6 Å². The Morgan fingerprint density at radius 1 is 1.29 bits per heavy atom. The zero-order valence-electron chi connectivity index (χ0n) is 12.2. The molecule has 3 unspecified atom stereocenters. The van der Waals surface area contributed by atoms with E-state index in [0.29, 0.717) is 17.8 Å². The molecule has 1 saturated heterocycles. The molecule has 2 N–H and O–H groups in total. The van der Waals surface area contributed by atoms with Gasteiger partial charge in [-0.05, 0) is 43.7 Å². The fourth-order valence-electron chi connectivity index (χ4n) is 3.28. The van der Waals surface area contributed by atoms with E-state index < -0.39 is 0 Å². The smallest absolute Gasteiger partial charge is 0.242 e. The van der Waals surface area contributed by atoms with E-state index in [-0.39, 0.29) is 36.8 Å². The number of rotatable bonds is 2. The Kier molecular flexibility index (Phi) is 6.91. The van der Waals surface area contributed by atoms with Crippen molar-refractivity contribution in [2.24, 2.45) is 5.92 Å². The Hall–Kier alpha value is -0.840. The number of nitrogens with one attached hydrogen (secondary N) is 2. The number of aryl methyl sites for hydroxylation is 1. The Labute approximate surface area is 138 Å². The largest absolute Gasteiger partial charge is 0.309 e. The Morgan fingerprint density at radius 2 is 2.05 bits per heavy atom. The van der Waals surface area contributed by atoms with E-state index in [1.54, 1.807) is 6.20 Å². The van der Waals surface area contributed by atoms with Gasteiger partial charge in [0, 0.05) is 12.2 Å². The van der Waals surface area contributed by atoms with Crippen molar-refractivity contribution in [1.82, 2.24) is 10.3 Å². The summed E-state index contributed by atoms with van der Waals surface area (Å²) in [5.74, 6) is 1.40. The fraction of sp³-hybridized carbons (Fsp3) is 0.600. The molecule has 1 aliphatic heterocycles. The number of nitrogens with zero attached hydrogens (tertiary/aromatic N) is 1. The summed E-state index contributed by atoms with van der Waals surface area (Å²) in [5, 5.41) is 6.39. The molecular weight excluding hydrogens is 309 g/mol. The first-order chi connectivity index (χ1) is 9.22. The lowest BCUT2D eigenvalue weighted by atomic mass is 9.85. The highest BCUT2D eigenvalue weighted by atomic mass is 35.5. The van der Waals surface area contributed by atoms with Crippen LogP contribution in [0.15, 0.2) is 18.3 Å². The van der Waals surface area contributed by atoms with Gasteiger partial charge in [-0.1, -0.05) is 18.9 Å². The number of amides is 1. The molecule has 2 heterocycles. The van der Waals surface area contributed by atoms with Crippen molar-refractivity contribution in [3.63, 3.8) is 0 Å². The second-order valence-electron chi connectivity index (χ2n) is 5.82. The number of carbonyl (C=O) groups is 1. The molecule has 1 aromatic heterocycles. The van der Waals surface area contributed by atoms with Gasteiger partial charge in [0.1, 0.15) is 5.82 Å². The van der Waals surface area contributed by atoms with Crippen LogP contribution in [0, 0.1) is 12.8 Å². The highest BCUT2D eigenvalue weighted by Gasteiger charge is 2.38. The van der Waals surface area contributed by atoms with Crippen molar-refractivity contribution >= 4 is 36.5 Å². The SMILES string of the molecule is Cc1ccc(NC(=O)C2CC3CCCCC3N2)nc1.Cl.Cl. The van der Waals surface area contributed by atoms with Crippen LogP contribution in [0.3, 0.4) is 0 Å². The number of anilines is 1. The van der Waals surface area contributed by atoms with Gasteiger partial charge in [-0.25, -0.2) is 4.98 Å². The first kappa shape index (κ1) is 18.2. The van der Waals surface area contributed by atoms with E-state index in [9.17, 15) is 4.79 Å². The maximum Gasteiger partial charge on any atom is 0.242 e. The number of carbonyl (C=O) groups excluding carboxylic acids is 1. The van der Waals surface area contributed by atoms with E-state index >= 15 is 0 Å². The first-order valence-electron chi connectivity index (χ1n) is 7.22. The molecule has 118 valence electrons. The Bertz CT molecular complexity index is 452. The summed E-state index contributed by atoms with van der Waals surface area (Å²) in [5.41, 5.74) is 1.10. The maximum absolute atomic E-state index is 12.2. The summed E-state index contributed by atoms with van der Waals surface area (Å²) in [6, 6.07) is 4.33. The monoisotopic (exact) mass is 331 g/mol. The van der Waals surface area contributed by atoms with Crippen LogP contribution < -0.4 is 10.6 Å². The summed E-state index contributed by atoms with van der Waals surface area (Å²) in [6.07, 6.45) is 7.85. The van der Waals surface area contributed by atoms with E-state index in [0.717, 1.165) is 12.0 Å². The zero-order valence-corrected chi connectivity index (χ0v) is 13.8. The number of halogens is 2. The van der Waals surface area contributed by atoms with Crippen LogP contribution >= 0.6 is 24.8 Å². The van der Waals surface area contributed by atoms with E-state index in [1.807, 2.05) is 19.1 Å². The second kappa shape index (κ2) is 7.97. The molecule has 2 aliphatic rings. The molecule has 3 rings (SSSR count). The summed E-state index contributed by atoms with van der Waals surface area (Å²) < 4.78 is 0. The second-order valence-corrected chi connectivity index (χ2v) is 5.82. The third-order valence-corrected chi connectivity index (χ3v) is 4.34. The van der Waals surface area contributed by atoms with Crippen molar-refractivity contribution < 1.29 is 4.79 Å². The quantitative estimate of drug-likeness (QED) is 0.875. The van der Waals surface area contributed by atoms with Crippen LogP contribution in [0.1, 0.15) is 37.7 Å². The Morgan fingerprint density at radius 3 is 2.71 bits per heavy atom. The molecule has 1 amide bonds. The number of aromatic nitrogens is 1. The molecule has 0 spiro atoms. The van der Waals surface area contributed by atoms with Crippen molar-refractivity contribution in [2.75, 3.05) is 5.32 Å². The molecule has 3 atom stereocenters. The minimum atomic E-state index is -0.0452. The Balaban J connectivity index is 0.00000110. The van der Waals surface area contributed by atoms with Crippen molar-refractivity contribution in [2.45, 2.75) is 51.1 Å². The molecule has 21 heavy (non-hydrogen) atoms. The molecule has 1 saturated carbocycles. The van der Waals surface area contributed by atoms with Gasteiger partial charge in [-0.3, -0.25) is 4.79 Å². The van der Waals surface area contributed by atoms with E-state index in [4.69, 9.17) is 0 Å². The molecule has 0 aromatic carbocycles. The number of fused-ring (bicyclic) bond motifs is 1. The normalized spacial score (nSPS) is 27.0. The topological polar surface area (TPSA) is 54.0 Å². The average Bonchev–Trinajstić information content (AvgIpc) is 2.85. The first-order valence-corrected chi connectivity index (χ1v) is 7.22. The third kappa shape index (κ3) is 4.31. The highest BCUT2D eigenvalue weighted by molar-refractivity contribution is 5.94. The fourth-order valence-corrected chi connectivity index (χ4v) is 3.28. The molecule has 0 bridgehead atoms. The van der Waals surface area contributed by atoms with Gasteiger partial charge in [0.15, 0.2) is 0 Å². The van der Waals surface area contributed by atoms with Crippen molar-refractivity contribution in [1.29, 1.82) is 0 Å². The van der Waals surface area contributed by atoms with Gasteiger partial charge >= 0.3 is 0 Å². The maximum atomic E-state index is 12.2. The minimum absolute atomic E-state index is 0. The predicted molar refractivity (Wildman–Crippen MR) is 89.4 cm³/mol. The lowest BCUT2D eigenvalue weighted by Crippen LogP contribution is -2.40. The van der Waals surface area contributed by atoms with Gasteiger partial charge in [-0.15, -0.1) is 24.8 Å². The third-order valence-electron chi connectivity index (χ3n) is 4.34. The summed E-state index contributed by atoms with van der Waals surface area (Å²) in [6.45, 7) is 1.99. The van der Waals surface area contributed by atoms with Gasteiger partial charge in [0.25, 0.3) is 0 Å². The van der Waals surface area contributed by atoms with Crippen molar-refractivity contribution in [3.8, 4) is 0 Å². The number of pyridine rings is 1. The van der Waals surface area contributed by atoms with Gasteiger partial charge < -0.3 is 10.6 Å². The van der Waals surface area contributed by atoms with E-state index in [1.165, 1.54) is 25.7 Å². The molecule has 6 heteroatoms. The van der Waals surface area contributed by atoms with Crippen LogP contribution in [0.4, 0.5) is 5.82 Å². The van der Waals surface area contributed by atoms with Gasteiger partial charge in [0.05, 0.1) is 6.04 Å². The van der Waals surface area contributed by atoms with Crippen LogP contribution in [0.5, 0.6) is 0 Å². The lowest BCUT2D eigenvalue weighted by Gasteiger charge is -2.24. The summed E-state index contributed by atoms with van der Waals surface area (Å²) in [4.78, 5) is 16.5. The lowest BCUT2D eigenvalue weighted by molar-refractivity contribution is -0.117. The molecular formula is C15H23Cl2N3O. The van der Waals surface area contributed by atoms with Crippen LogP contribution in [-0.2, 0) is 4.79 Å². The molecule has 4 nitrogen and oxygen atoms in total. The molecule has 2 fully saturated rings. The molecule has 1 aromatic rings. The average molecular weight is 332 g/mol. The van der Waals surface area contributed by atoms with Gasteiger partial charge in [0.2, 0.25) is 5.91 Å². The number of hydrogen-bond acceptors (Lipinski definition) is 3. The zero-order chi connectivity index (χ0) is 13.2. The molecule has 1 aliphatic carbocycles. The summed E-state index contributed by atoms with van der Waals surface area (Å²) >= 11 is 0. The van der Waals surface area contributed by atoms with Crippen LogP contribution in [-0.4, -0.2) is 23.0 Å². The highest BCUT2D eigenvalue weighted by Crippen LogP contribution is 2.33.